The molecule has 1 aliphatic rings. The minimum atomic E-state index is 0.423. The number of pyridine rings is 1. The van der Waals surface area contributed by atoms with Crippen LogP contribution in [0.2, 0.25) is 0 Å². The highest BCUT2D eigenvalue weighted by Gasteiger charge is 2.26. The first-order valence-corrected chi connectivity index (χ1v) is 6.32. The lowest BCUT2D eigenvalue weighted by Crippen LogP contribution is -2.28. The van der Waals surface area contributed by atoms with Crippen LogP contribution >= 0.6 is 0 Å². The smallest absolute Gasteiger partial charge is 0.140 e. The van der Waals surface area contributed by atoms with Crippen LogP contribution in [0, 0.1) is 16.7 Å². The molecule has 1 aromatic heterocycles. The van der Waals surface area contributed by atoms with Crippen molar-refractivity contribution < 1.29 is 0 Å². The molecule has 3 heteroatoms. The largest absolute Gasteiger partial charge is 0.383 e. The first-order valence-electron chi connectivity index (χ1n) is 6.32. The van der Waals surface area contributed by atoms with Gasteiger partial charge >= 0.3 is 0 Å². The molecule has 1 aliphatic carbocycles. The Kier molecular flexibility index (Phi) is 3.63. The zero-order chi connectivity index (χ0) is 12.1. The van der Waals surface area contributed by atoms with Crippen LogP contribution in [0.25, 0.3) is 0 Å². The molecule has 1 aromatic rings. The molecule has 3 nitrogen and oxygen atoms in total. The van der Waals surface area contributed by atoms with Gasteiger partial charge in [0.15, 0.2) is 0 Å². The summed E-state index contributed by atoms with van der Waals surface area (Å²) < 4.78 is 0. The van der Waals surface area contributed by atoms with Gasteiger partial charge in [-0.1, -0.05) is 26.2 Å². The summed E-state index contributed by atoms with van der Waals surface area (Å²) in [6.07, 6.45) is 8.44. The first-order chi connectivity index (χ1) is 8.22. The van der Waals surface area contributed by atoms with Gasteiger partial charge in [-0.3, -0.25) is 0 Å². The van der Waals surface area contributed by atoms with Crippen molar-refractivity contribution in [2.45, 2.75) is 39.0 Å². The van der Waals surface area contributed by atoms with E-state index in [0.29, 0.717) is 11.1 Å². The fourth-order valence-corrected chi connectivity index (χ4v) is 2.46. The number of anilines is 1. The molecule has 0 atom stereocenters. The fraction of sp³-hybridized carbons (Fsp3) is 0.571. The van der Waals surface area contributed by atoms with Crippen LogP contribution in [0.15, 0.2) is 18.3 Å². The van der Waals surface area contributed by atoms with E-state index in [1.165, 1.54) is 32.1 Å². The number of nitriles is 1. The van der Waals surface area contributed by atoms with Crippen LogP contribution in [0.1, 0.15) is 44.7 Å². The molecule has 0 aromatic carbocycles. The predicted octanol–water partition coefficient (Wildman–Crippen LogP) is 3.34. The third kappa shape index (κ3) is 3.20. The molecule has 1 heterocycles. The lowest BCUT2D eigenvalue weighted by molar-refractivity contribution is 0.233. The second-order valence-corrected chi connectivity index (χ2v) is 5.27. The van der Waals surface area contributed by atoms with Gasteiger partial charge in [-0.05, 0) is 30.4 Å². The normalized spacial score (nSPS) is 18.4. The number of nitrogens with zero attached hydrogens (tertiary/aromatic N) is 2. The van der Waals surface area contributed by atoms with Crippen molar-refractivity contribution in [3.05, 3.63) is 24.0 Å². The highest BCUT2D eigenvalue weighted by Crippen LogP contribution is 2.35. The van der Waals surface area contributed by atoms with Crippen molar-refractivity contribution in [2.24, 2.45) is 5.41 Å². The minimum absolute atomic E-state index is 0.423. The number of hydrogen-bond donors (Lipinski definition) is 1. The number of aromatic nitrogens is 1. The molecule has 0 radical (unpaired) electrons. The van der Waals surface area contributed by atoms with Crippen LogP contribution < -0.4 is 5.32 Å². The van der Waals surface area contributed by atoms with Crippen LogP contribution in [-0.2, 0) is 0 Å². The molecule has 0 aliphatic heterocycles. The summed E-state index contributed by atoms with van der Waals surface area (Å²) >= 11 is 0. The number of rotatable bonds is 3. The monoisotopic (exact) mass is 229 g/mol. The molecule has 0 amide bonds. The van der Waals surface area contributed by atoms with Crippen LogP contribution in [0.5, 0.6) is 0 Å². The Bertz CT molecular complexity index is 396. The van der Waals surface area contributed by atoms with Crippen molar-refractivity contribution in [3.63, 3.8) is 0 Å². The van der Waals surface area contributed by atoms with E-state index in [0.717, 1.165) is 12.2 Å². The second kappa shape index (κ2) is 5.18. The lowest BCUT2D eigenvalue weighted by Gasteiger charge is -2.34. The zero-order valence-corrected chi connectivity index (χ0v) is 10.4. The fourth-order valence-electron chi connectivity index (χ4n) is 2.46. The van der Waals surface area contributed by atoms with Crippen molar-refractivity contribution in [3.8, 4) is 6.07 Å². The minimum Gasteiger partial charge on any atom is -0.383 e. The summed E-state index contributed by atoms with van der Waals surface area (Å²) in [6, 6.07) is 5.71. The molecule has 0 bridgehead atoms. The Labute approximate surface area is 103 Å². The van der Waals surface area contributed by atoms with Crippen molar-refractivity contribution in [1.29, 1.82) is 5.26 Å². The first kappa shape index (κ1) is 11.9. The Morgan fingerprint density at radius 3 is 2.71 bits per heavy atom. The summed E-state index contributed by atoms with van der Waals surface area (Å²) in [4.78, 5) is 4.06. The molecule has 1 saturated carbocycles. The molecule has 0 unspecified atom stereocenters. The maximum Gasteiger partial charge on any atom is 0.140 e. The van der Waals surface area contributed by atoms with E-state index in [9.17, 15) is 0 Å². The van der Waals surface area contributed by atoms with E-state index in [1.807, 2.05) is 12.1 Å². The van der Waals surface area contributed by atoms with Gasteiger partial charge in [-0.2, -0.15) is 5.26 Å². The topological polar surface area (TPSA) is 48.7 Å². The highest BCUT2D eigenvalue weighted by molar-refractivity contribution is 5.42. The second-order valence-electron chi connectivity index (χ2n) is 5.27. The molecule has 90 valence electrons. The summed E-state index contributed by atoms with van der Waals surface area (Å²) in [5, 5.41) is 12.1. The molecule has 1 fully saturated rings. The van der Waals surface area contributed by atoms with E-state index in [4.69, 9.17) is 5.26 Å². The molecule has 2 rings (SSSR count). The van der Waals surface area contributed by atoms with Crippen LogP contribution in [0.3, 0.4) is 0 Å². The van der Waals surface area contributed by atoms with Crippen LogP contribution in [-0.4, -0.2) is 11.5 Å². The average molecular weight is 229 g/mol. The summed E-state index contributed by atoms with van der Waals surface area (Å²) in [5.74, 6) is 0. The number of nitrogens with one attached hydrogen (secondary N) is 1. The Balaban J connectivity index is 1.90. The van der Waals surface area contributed by atoms with Crippen molar-refractivity contribution in [1.82, 2.24) is 4.98 Å². The van der Waals surface area contributed by atoms with Gasteiger partial charge in [-0.25, -0.2) is 4.98 Å². The third-order valence-corrected chi connectivity index (χ3v) is 3.66. The van der Waals surface area contributed by atoms with Gasteiger partial charge in [0.25, 0.3) is 0 Å². The van der Waals surface area contributed by atoms with Crippen LogP contribution in [0.4, 0.5) is 5.69 Å². The van der Waals surface area contributed by atoms with Crippen molar-refractivity contribution in [2.75, 3.05) is 11.9 Å². The quantitative estimate of drug-likeness (QED) is 0.864. The molecule has 0 saturated heterocycles. The number of hydrogen-bond acceptors (Lipinski definition) is 3. The standard InChI is InChI=1S/C14H19N3/c1-14(7-3-2-4-8-14)11-17-13-6-5-12(9-15)16-10-13/h5-6,10,17H,2-4,7-8,11H2,1H3. The Morgan fingerprint density at radius 2 is 2.12 bits per heavy atom. The predicted molar refractivity (Wildman–Crippen MR) is 68.6 cm³/mol. The molecule has 1 N–H and O–H groups in total. The van der Waals surface area contributed by atoms with E-state index in [-0.39, 0.29) is 0 Å². The van der Waals surface area contributed by atoms with E-state index >= 15 is 0 Å². The van der Waals surface area contributed by atoms with Gasteiger partial charge < -0.3 is 5.32 Å². The molecule has 17 heavy (non-hydrogen) atoms. The van der Waals surface area contributed by atoms with E-state index < -0.39 is 0 Å². The van der Waals surface area contributed by atoms with Gasteiger partial charge in [0.2, 0.25) is 0 Å². The van der Waals surface area contributed by atoms with E-state index in [2.05, 4.69) is 17.2 Å². The Hall–Kier alpha value is -1.56. The summed E-state index contributed by atoms with van der Waals surface area (Å²) in [7, 11) is 0. The highest BCUT2D eigenvalue weighted by atomic mass is 14.9. The molecule has 0 spiro atoms. The molecular weight excluding hydrogens is 210 g/mol. The zero-order valence-electron chi connectivity index (χ0n) is 10.4. The van der Waals surface area contributed by atoms with Gasteiger partial charge in [0, 0.05) is 6.54 Å². The average Bonchev–Trinajstić information content (AvgIpc) is 2.38. The SMILES string of the molecule is CC1(CNc2ccc(C#N)nc2)CCCCC1. The van der Waals surface area contributed by atoms with E-state index in [1.54, 1.807) is 12.3 Å². The summed E-state index contributed by atoms with van der Waals surface area (Å²) in [5.41, 5.74) is 1.90. The maximum absolute atomic E-state index is 8.67. The third-order valence-electron chi connectivity index (χ3n) is 3.66. The lowest BCUT2D eigenvalue weighted by atomic mass is 9.76. The van der Waals surface area contributed by atoms with Crippen molar-refractivity contribution >= 4 is 5.69 Å². The summed E-state index contributed by atoms with van der Waals surface area (Å²) in [6.45, 7) is 3.36. The maximum atomic E-state index is 8.67. The van der Waals surface area contributed by atoms with Gasteiger partial charge in [0.05, 0.1) is 11.9 Å². The Morgan fingerprint density at radius 1 is 1.35 bits per heavy atom. The molecular formula is C14H19N3. The van der Waals surface area contributed by atoms with Gasteiger partial charge in [0.1, 0.15) is 11.8 Å². The van der Waals surface area contributed by atoms with Gasteiger partial charge in [-0.15, -0.1) is 0 Å².